The molecular formula is C12H17N3S. The SMILES string of the molecule is CCNC(C)c1ccc(-c2ccn(C)n2)s1. The number of rotatable bonds is 4. The highest BCUT2D eigenvalue weighted by molar-refractivity contribution is 7.15. The Balaban J connectivity index is 2.19. The Hall–Kier alpha value is -1.13. The molecule has 16 heavy (non-hydrogen) atoms. The zero-order valence-corrected chi connectivity index (χ0v) is 10.7. The molecule has 0 aromatic carbocycles. The highest BCUT2D eigenvalue weighted by Gasteiger charge is 2.09. The molecule has 0 amide bonds. The number of hydrogen-bond acceptors (Lipinski definition) is 3. The van der Waals surface area contributed by atoms with E-state index in [0.29, 0.717) is 6.04 Å². The molecule has 0 fully saturated rings. The lowest BCUT2D eigenvalue weighted by atomic mass is 10.2. The van der Waals surface area contributed by atoms with E-state index in [1.54, 1.807) is 0 Å². The van der Waals surface area contributed by atoms with Crippen molar-refractivity contribution in [3.63, 3.8) is 0 Å². The third-order valence-corrected chi connectivity index (χ3v) is 3.82. The Kier molecular flexibility index (Phi) is 3.41. The van der Waals surface area contributed by atoms with Crippen LogP contribution in [0, 0.1) is 0 Å². The Morgan fingerprint density at radius 3 is 2.88 bits per heavy atom. The van der Waals surface area contributed by atoms with E-state index in [9.17, 15) is 0 Å². The summed E-state index contributed by atoms with van der Waals surface area (Å²) in [6.45, 7) is 5.32. The van der Waals surface area contributed by atoms with Crippen LogP contribution in [0.4, 0.5) is 0 Å². The number of hydrogen-bond donors (Lipinski definition) is 1. The predicted octanol–water partition coefficient (Wildman–Crippen LogP) is 2.82. The van der Waals surface area contributed by atoms with Gasteiger partial charge < -0.3 is 5.32 Å². The van der Waals surface area contributed by atoms with Crippen molar-refractivity contribution in [2.75, 3.05) is 6.54 Å². The molecule has 3 nitrogen and oxygen atoms in total. The van der Waals surface area contributed by atoms with E-state index in [0.717, 1.165) is 12.2 Å². The van der Waals surface area contributed by atoms with Crippen LogP contribution in [0.3, 0.4) is 0 Å². The standard InChI is InChI=1S/C12H17N3S/c1-4-13-9(2)11-5-6-12(16-11)10-7-8-15(3)14-10/h5-9,13H,4H2,1-3H3. The van der Waals surface area contributed by atoms with Crippen LogP contribution >= 0.6 is 11.3 Å². The number of aryl methyl sites for hydroxylation is 1. The van der Waals surface area contributed by atoms with Crippen molar-refractivity contribution in [2.45, 2.75) is 19.9 Å². The van der Waals surface area contributed by atoms with Crippen molar-refractivity contribution in [2.24, 2.45) is 7.05 Å². The largest absolute Gasteiger partial charge is 0.310 e. The van der Waals surface area contributed by atoms with Gasteiger partial charge in [0.15, 0.2) is 0 Å². The first-order valence-corrected chi connectivity index (χ1v) is 6.35. The Bertz CT molecular complexity index is 458. The third kappa shape index (κ3) is 2.33. The van der Waals surface area contributed by atoms with E-state index in [1.807, 2.05) is 35.3 Å². The fourth-order valence-corrected chi connectivity index (χ4v) is 2.68. The molecule has 0 saturated heterocycles. The molecule has 0 radical (unpaired) electrons. The van der Waals surface area contributed by atoms with Gasteiger partial charge in [-0.05, 0) is 31.7 Å². The molecule has 4 heteroatoms. The molecular weight excluding hydrogens is 218 g/mol. The van der Waals surface area contributed by atoms with Gasteiger partial charge in [0, 0.05) is 24.2 Å². The van der Waals surface area contributed by atoms with Gasteiger partial charge in [-0.1, -0.05) is 6.92 Å². The van der Waals surface area contributed by atoms with Crippen LogP contribution in [0.1, 0.15) is 24.8 Å². The fourth-order valence-electron chi connectivity index (χ4n) is 1.68. The number of thiophene rings is 1. The minimum atomic E-state index is 0.424. The molecule has 2 heterocycles. The molecule has 0 bridgehead atoms. The van der Waals surface area contributed by atoms with E-state index in [-0.39, 0.29) is 0 Å². The van der Waals surface area contributed by atoms with Crippen LogP contribution in [-0.2, 0) is 7.05 Å². The highest BCUT2D eigenvalue weighted by Crippen LogP contribution is 2.30. The molecule has 2 aromatic heterocycles. The summed E-state index contributed by atoms with van der Waals surface area (Å²) in [5.41, 5.74) is 1.06. The maximum Gasteiger partial charge on any atom is 0.102 e. The first kappa shape index (κ1) is 11.4. The zero-order chi connectivity index (χ0) is 11.5. The smallest absolute Gasteiger partial charge is 0.102 e. The lowest BCUT2D eigenvalue weighted by molar-refractivity contribution is 0.607. The monoisotopic (exact) mass is 235 g/mol. The van der Waals surface area contributed by atoms with Gasteiger partial charge in [-0.3, -0.25) is 4.68 Å². The molecule has 1 N–H and O–H groups in total. The first-order chi connectivity index (χ1) is 7.70. The summed E-state index contributed by atoms with van der Waals surface area (Å²) in [6.07, 6.45) is 1.97. The average molecular weight is 235 g/mol. The maximum atomic E-state index is 4.41. The van der Waals surface area contributed by atoms with Gasteiger partial charge in [-0.25, -0.2) is 0 Å². The molecule has 0 aliphatic rings. The average Bonchev–Trinajstić information content (AvgIpc) is 2.85. The Morgan fingerprint density at radius 1 is 1.44 bits per heavy atom. The molecule has 0 spiro atoms. The molecule has 2 aromatic rings. The lowest BCUT2D eigenvalue weighted by Crippen LogP contribution is -2.16. The van der Waals surface area contributed by atoms with Crippen LogP contribution in [0.15, 0.2) is 24.4 Å². The van der Waals surface area contributed by atoms with Crippen LogP contribution < -0.4 is 5.32 Å². The lowest BCUT2D eigenvalue weighted by Gasteiger charge is -2.08. The second-order valence-corrected chi connectivity index (χ2v) is 4.97. The quantitative estimate of drug-likeness (QED) is 0.883. The van der Waals surface area contributed by atoms with Crippen LogP contribution in [-0.4, -0.2) is 16.3 Å². The summed E-state index contributed by atoms with van der Waals surface area (Å²) in [4.78, 5) is 2.60. The second-order valence-electron chi connectivity index (χ2n) is 3.86. The van der Waals surface area contributed by atoms with Gasteiger partial charge in [0.1, 0.15) is 5.69 Å². The van der Waals surface area contributed by atoms with Crippen LogP contribution in [0.2, 0.25) is 0 Å². The van der Waals surface area contributed by atoms with Gasteiger partial charge >= 0.3 is 0 Å². The highest BCUT2D eigenvalue weighted by atomic mass is 32.1. The summed E-state index contributed by atoms with van der Waals surface area (Å²) < 4.78 is 1.84. The zero-order valence-electron chi connectivity index (χ0n) is 9.90. The van der Waals surface area contributed by atoms with Gasteiger partial charge in [0.05, 0.1) is 4.88 Å². The number of aromatic nitrogens is 2. The first-order valence-electron chi connectivity index (χ1n) is 5.54. The third-order valence-electron chi connectivity index (χ3n) is 2.53. The second kappa shape index (κ2) is 4.80. The summed E-state index contributed by atoms with van der Waals surface area (Å²) in [5.74, 6) is 0. The molecule has 0 aliphatic heterocycles. The van der Waals surface area contributed by atoms with Crippen molar-refractivity contribution in [1.29, 1.82) is 0 Å². The molecule has 86 valence electrons. The summed E-state index contributed by atoms with van der Waals surface area (Å²) >= 11 is 1.81. The molecule has 2 rings (SSSR count). The van der Waals surface area contributed by atoms with Crippen molar-refractivity contribution in [1.82, 2.24) is 15.1 Å². The van der Waals surface area contributed by atoms with Crippen LogP contribution in [0.5, 0.6) is 0 Å². The summed E-state index contributed by atoms with van der Waals surface area (Å²) in [5, 5.41) is 7.82. The molecule has 1 unspecified atom stereocenters. The Morgan fingerprint density at radius 2 is 2.25 bits per heavy atom. The minimum absolute atomic E-state index is 0.424. The van der Waals surface area contributed by atoms with Crippen LogP contribution in [0.25, 0.3) is 10.6 Å². The van der Waals surface area contributed by atoms with E-state index in [4.69, 9.17) is 0 Å². The van der Waals surface area contributed by atoms with Gasteiger partial charge in [-0.15, -0.1) is 11.3 Å². The number of nitrogens with one attached hydrogen (secondary N) is 1. The molecule has 0 saturated carbocycles. The van der Waals surface area contributed by atoms with E-state index in [1.165, 1.54) is 9.75 Å². The molecule has 0 aliphatic carbocycles. The normalized spacial score (nSPS) is 12.9. The van der Waals surface area contributed by atoms with E-state index < -0.39 is 0 Å². The topological polar surface area (TPSA) is 29.9 Å². The number of nitrogens with zero attached hydrogens (tertiary/aromatic N) is 2. The fraction of sp³-hybridized carbons (Fsp3) is 0.417. The maximum absolute atomic E-state index is 4.41. The van der Waals surface area contributed by atoms with Crippen molar-refractivity contribution in [3.8, 4) is 10.6 Å². The predicted molar refractivity (Wildman–Crippen MR) is 68.6 cm³/mol. The van der Waals surface area contributed by atoms with Crippen molar-refractivity contribution < 1.29 is 0 Å². The van der Waals surface area contributed by atoms with Gasteiger partial charge in [-0.2, -0.15) is 5.10 Å². The van der Waals surface area contributed by atoms with Gasteiger partial charge in [0.2, 0.25) is 0 Å². The minimum Gasteiger partial charge on any atom is -0.310 e. The van der Waals surface area contributed by atoms with Gasteiger partial charge in [0.25, 0.3) is 0 Å². The van der Waals surface area contributed by atoms with E-state index >= 15 is 0 Å². The molecule has 1 atom stereocenters. The Labute approximate surface area is 100 Å². The summed E-state index contributed by atoms with van der Waals surface area (Å²) in [7, 11) is 1.94. The summed E-state index contributed by atoms with van der Waals surface area (Å²) in [6, 6.07) is 6.80. The van der Waals surface area contributed by atoms with Crippen molar-refractivity contribution >= 4 is 11.3 Å². The van der Waals surface area contributed by atoms with E-state index in [2.05, 4.69) is 36.4 Å². The van der Waals surface area contributed by atoms with Crippen molar-refractivity contribution in [3.05, 3.63) is 29.3 Å².